The second-order valence-electron chi connectivity index (χ2n) is 6.05. The molecule has 6 nitrogen and oxygen atoms in total. The van der Waals surface area contributed by atoms with Gasteiger partial charge in [-0.15, -0.1) is 0 Å². The number of rotatable bonds is 2. The third-order valence-corrected chi connectivity index (χ3v) is 5.54. The summed E-state index contributed by atoms with van der Waals surface area (Å²) in [5.74, 6) is 1.46. The van der Waals surface area contributed by atoms with Crippen LogP contribution < -0.4 is 4.90 Å². The molecule has 1 amide bonds. The number of hydrogen-bond donors (Lipinski definition) is 0. The highest BCUT2D eigenvalue weighted by atomic mass is 79.9. The topological polar surface area (TPSA) is 73.1 Å². The monoisotopic (exact) mass is 421 g/mol. The number of aryl methyl sites for hydroxylation is 1. The van der Waals surface area contributed by atoms with Crippen LogP contribution in [0.4, 0.5) is 5.82 Å². The van der Waals surface area contributed by atoms with Gasteiger partial charge in [-0.2, -0.15) is 5.26 Å². The quantitative estimate of drug-likeness (QED) is 0.742. The van der Waals surface area contributed by atoms with E-state index >= 15 is 0 Å². The average molecular weight is 423 g/mol. The van der Waals surface area contributed by atoms with Crippen molar-refractivity contribution in [3.05, 3.63) is 27.5 Å². The van der Waals surface area contributed by atoms with Gasteiger partial charge in [-0.05, 0) is 35.0 Å². The van der Waals surface area contributed by atoms with Crippen LogP contribution in [0.25, 0.3) is 10.9 Å². The van der Waals surface area contributed by atoms with E-state index in [4.69, 9.17) is 16.9 Å². The molecule has 25 heavy (non-hydrogen) atoms. The van der Waals surface area contributed by atoms with Crippen molar-refractivity contribution in [3.8, 4) is 6.07 Å². The van der Waals surface area contributed by atoms with E-state index in [9.17, 15) is 4.79 Å². The molecule has 0 spiro atoms. The summed E-state index contributed by atoms with van der Waals surface area (Å²) in [5, 5.41) is 10.6. The second-order valence-corrected chi connectivity index (χ2v) is 7.31. The molecular weight excluding hydrogens is 406 g/mol. The van der Waals surface area contributed by atoms with Gasteiger partial charge in [0.25, 0.3) is 0 Å². The standard InChI is InChI=1S/C17H17BrClN5O/c1-10-21-16-8-14(18)15(19)7-13(16)17(22-10)23-5-6-24(11(2)25)12(9-23)3-4-20/h7-8,12H,3,5-6,9H2,1-2H3. The highest BCUT2D eigenvalue weighted by Gasteiger charge is 2.30. The number of carbonyl (C=O) groups is 1. The normalized spacial score (nSPS) is 17.6. The molecule has 0 N–H and O–H groups in total. The molecule has 2 heterocycles. The first kappa shape index (κ1) is 17.9. The minimum Gasteiger partial charge on any atom is -0.352 e. The molecule has 0 aliphatic carbocycles. The number of aromatic nitrogens is 2. The molecule has 1 aliphatic heterocycles. The Morgan fingerprint density at radius 1 is 1.44 bits per heavy atom. The predicted molar refractivity (Wildman–Crippen MR) is 101 cm³/mol. The molecule has 3 rings (SSSR count). The number of carbonyl (C=O) groups excluding carboxylic acids is 1. The Hall–Kier alpha value is -1.91. The third kappa shape index (κ3) is 3.55. The number of amides is 1. The van der Waals surface area contributed by atoms with Crippen LogP contribution >= 0.6 is 27.5 Å². The van der Waals surface area contributed by atoms with Gasteiger partial charge in [0.1, 0.15) is 11.6 Å². The van der Waals surface area contributed by atoms with Gasteiger partial charge < -0.3 is 9.80 Å². The Bertz CT molecular complexity index is 881. The maximum absolute atomic E-state index is 11.8. The van der Waals surface area contributed by atoms with Crippen molar-refractivity contribution in [1.29, 1.82) is 5.26 Å². The van der Waals surface area contributed by atoms with Crippen molar-refractivity contribution in [2.45, 2.75) is 26.3 Å². The molecule has 2 aromatic rings. The lowest BCUT2D eigenvalue weighted by Gasteiger charge is -2.41. The summed E-state index contributed by atoms with van der Waals surface area (Å²) >= 11 is 9.69. The second kappa shape index (κ2) is 7.14. The highest BCUT2D eigenvalue weighted by molar-refractivity contribution is 9.10. The Balaban J connectivity index is 2.03. The zero-order valence-corrected chi connectivity index (χ0v) is 16.3. The number of anilines is 1. The zero-order chi connectivity index (χ0) is 18.1. The van der Waals surface area contributed by atoms with Crippen LogP contribution in [0.15, 0.2) is 16.6 Å². The maximum Gasteiger partial charge on any atom is 0.219 e. The van der Waals surface area contributed by atoms with Crippen molar-refractivity contribution >= 4 is 50.2 Å². The lowest BCUT2D eigenvalue weighted by atomic mass is 10.1. The summed E-state index contributed by atoms with van der Waals surface area (Å²) in [6.07, 6.45) is 0.296. The van der Waals surface area contributed by atoms with Crippen LogP contribution in [0.5, 0.6) is 0 Å². The number of piperazine rings is 1. The number of benzene rings is 1. The predicted octanol–water partition coefficient (Wildman–Crippen LogP) is 3.30. The molecule has 1 atom stereocenters. The van der Waals surface area contributed by atoms with Crippen LogP contribution in [-0.2, 0) is 4.79 Å². The van der Waals surface area contributed by atoms with Gasteiger partial charge in [-0.25, -0.2) is 9.97 Å². The molecule has 1 fully saturated rings. The number of fused-ring (bicyclic) bond motifs is 1. The van der Waals surface area contributed by atoms with Crippen molar-refractivity contribution in [1.82, 2.24) is 14.9 Å². The fraction of sp³-hybridized carbons (Fsp3) is 0.412. The van der Waals surface area contributed by atoms with E-state index in [1.54, 1.807) is 11.8 Å². The largest absolute Gasteiger partial charge is 0.352 e. The van der Waals surface area contributed by atoms with Crippen LogP contribution in [0.2, 0.25) is 5.02 Å². The van der Waals surface area contributed by atoms with Crippen LogP contribution in [0.3, 0.4) is 0 Å². The number of nitrogens with zero attached hydrogens (tertiary/aromatic N) is 5. The molecule has 0 saturated carbocycles. The smallest absolute Gasteiger partial charge is 0.219 e. The molecule has 1 unspecified atom stereocenters. The molecule has 1 saturated heterocycles. The minimum atomic E-state index is -0.146. The summed E-state index contributed by atoms with van der Waals surface area (Å²) in [6.45, 7) is 5.18. The van der Waals surface area contributed by atoms with Crippen LogP contribution in [0.1, 0.15) is 19.2 Å². The van der Waals surface area contributed by atoms with E-state index in [1.165, 1.54) is 0 Å². The van der Waals surface area contributed by atoms with E-state index in [0.717, 1.165) is 21.2 Å². The molecule has 1 aromatic carbocycles. The highest BCUT2D eigenvalue weighted by Crippen LogP contribution is 2.33. The summed E-state index contributed by atoms with van der Waals surface area (Å²) in [4.78, 5) is 24.8. The lowest BCUT2D eigenvalue weighted by molar-refractivity contribution is -0.131. The minimum absolute atomic E-state index is 0.00407. The van der Waals surface area contributed by atoms with Crippen LogP contribution in [0, 0.1) is 18.3 Å². The fourth-order valence-electron chi connectivity index (χ4n) is 3.20. The SMILES string of the molecule is CC(=O)N1CCN(c2nc(C)nc3cc(Br)c(Cl)cc23)CC1CC#N. The molecule has 8 heteroatoms. The van der Waals surface area contributed by atoms with E-state index in [0.29, 0.717) is 36.9 Å². The Morgan fingerprint density at radius 3 is 2.88 bits per heavy atom. The molecular formula is C17H17BrClN5O. The first-order valence-corrected chi connectivity index (χ1v) is 9.10. The molecule has 0 radical (unpaired) electrons. The van der Waals surface area contributed by atoms with Crippen molar-refractivity contribution in [3.63, 3.8) is 0 Å². The Morgan fingerprint density at radius 2 is 2.20 bits per heavy atom. The van der Waals surface area contributed by atoms with Gasteiger partial charge in [0.15, 0.2) is 0 Å². The van der Waals surface area contributed by atoms with Gasteiger partial charge in [-0.1, -0.05) is 11.6 Å². The Labute approximate surface area is 159 Å². The molecule has 0 bridgehead atoms. The summed E-state index contributed by atoms with van der Waals surface area (Å²) in [7, 11) is 0. The Kier molecular flexibility index (Phi) is 5.11. The third-order valence-electron chi connectivity index (χ3n) is 4.34. The molecule has 130 valence electrons. The number of hydrogen-bond acceptors (Lipinski definition) is 5. The first-order valence-electron chi connectivity index (χ1n) is 7.93. The van der Waals surface area contributed by atoms with Gasteiger partial charge in [-0.3, -0.25) is 4.79 Å². The molecule has 1 aromatic heterocycles. The number of halogens is 2. The van der Waals surface area contributed by atoms with Gasteiger partial charge in [0.05, 0.1) is 29.1 Å². The van der Waals surface area contributed by atoms with E-state index in [1.807, 2.05) is 19.1 Å². The van der Waals surface area contributed by atoms with E-state index < -0.39 is 0 Å². The first-order chi connectivity index (χ1) is 11.9. The number of nitriles is 1. The molecule has 1 aliphatic rings. The van der Waals surface area contributed by atoms with E-state index in [-0.39, 0.29) is 11.9 Å². The summed E-state index contributed by atoms with van der Waals surface area (Å²) in [6, 6.07) is 5.77. The maximum atomic E-state index is 11.8. The van der Waals surface area contributed by atoms with Gasteiger partial charge in [0.2, 0.25) is 5.91 Å². The summed E-state index contributed by atoms with van der Waals surface area (Å²) in [5.41, 5.74) is 0.810. The zero-order valence-electron chi connectivity index (χ0n) is 14.0. The van der Waals surface area contributed by atoms with Crippen LogP contribution in [-0.4, -0.2) is 46.5 Å². The van der Waals surface area contributed by atoms with Gasteiger partial charge >= 0.3 is 0 Å². The summed E-state index contributed by atoms with van der Waals surface area (Å²) < 4.78 is 0.787. The van der Waals surface area contributed by atoms with Crippen molar-refractivity contribution in [2.24, 2.45) is 0 Å². The van der Waals surface area contributed by atoms with E-state index in [2.05, 4.69) is 36.9 Å². The van der Waals surface area contributed by atoms with Gasteiger partial charge in [0, 0.05) is 36.4 Å². The lowest BCUT2D eigenvalue weighted by Crippen LogP contribution is -2.55. The fourth-order valence-corrected chi connectivity index (χ4v) is 3.70. The average Bonchev–Trinajstić information content (AvgIpc) is 2.56. The van der Waals surface area contributed by atoms with Crippen molar-refractivity contribution < 1.29 is 4.79 Å². The van der Waals surface area contributed by atoms with Crippen molar-refractivity contribution in [2.75, 3.05) is 24.5 Å².